The lowest BCUT2D eigenvalue weighted by molar-refractivity contribution is -0.145. The number of rotatable bonds is 20. The summed E-state index contributed by atoms with van der Waals surface area (Å²) in [5.41, 5.74) is 9.91. The maximum absolute atomic E-state index is 12.2. The van der Waals surface area contributed by atoms with Gasteiger partial charge in [-0.15, -0.1) is 0 Å². The van der Waals surface area contributed by atoms with E-state index in [-0.39, 0.29) is 5.96 Å². The second-order valence-electron chi connectivity index (χ2n) is 8.01. The first-order chi connectivity index (χ1) is 13.5. The topological polar surface area (TPSA) is 114 Å². The van der Waals surface area contributed by atoms with Crippen molar-refractivity contribution in [2.24, 2.45) is 16.5 Å². The highest BCUT2D eigenvalue weighted by molar-refractivity contribution is 5.78. The summed E-state index contributed by atoms with van der Waals surface area (Å²) in [6.45, 7) is 5.65. The van der Waals surface area contributed by atoms with Gasteiger partial charge in [-0.1, -0.05) is 84.5 Å². The number of nitrogens with one attached hydrogen (secondary N) is 1. The molecule has 0 aromatic rings. The van der Waals surface area contributed by atoms with Crippen molar-refractivity contribution < 1.29 is 9.90 Å². The first kappa shape index (κ1) is 26.7. The Kier molecular flexibility index (Phi) is 16.9. The van der Waals surface area contributed by atoms with E-state index in [0.717, 1.165) is 32.2 Å². The van der Waals surface area contributed by atoms with Crippen LogP contribution < -0.4 is 16.8 Å². The lowest BCUT2D eigenvalue weighted by atomic mass is 9.86. The average Bonchev–Trinajstić information content (AvgIpc) is 2.66. The smallest absolute Gasteiger partial charge is 0.323 e. The Morgan fingerprint density at radius 2 is 1.32 bits per heavy atom. The number of carboxylic acid groups (broad SMARTS) is 1. The van der Waals surface area contributed by atoms with Crippen LogP contribution in [0.15, 0.2) is 4.99 Å². The monoisotopic (exact) mass is 398 g/mol. The Morgan fingerprint density at radius 1 is 0.821 bits per heavy atom. The summed E-state index contributed by atoms with van der Waals surface area (Å²) >= 11 is 0. The molecule has 0 unspecified atom stereocenters. The zero-order valence-electron chi connectivity index (χ0n) is 18.5. The van der Waals surface area contributed by atoms with Crippen molar-refractivity contribution in [1.29, 1.82) is 0 Å². The highest BCUT2D eigenvalue weighted by atomic mass is 16.4. The van der Waals surface area contributed by atoms with Crippen molar-refractivity contribution in [3.63, 3.8) is 0 Å². The molecule has 0 aromatic carbocycles. The summed E-state index contributed by atoms with van der Waals surface area (Å²) in [6.07, 6.45) is 16.2. The van der Waals surface area contributed by atoms with Crippen LogP contribution in [0.3, 0.4) is 0 Å². The van der Waals surface area contributed by atoms with E-state index in [4.69, 9.17) is 11.5 Å². The fraction of sp³-hybridized carbons (Fsp3) is 0.909. The van der Waals surface area contributed by atoms with E-state index >= 15 is 0 Å². The van der Waals surface area contributed by atoms with Crippen molar-refractivity contribution in [2.75, 3.05) is 13.1 Å². The van der Waals surface area contributed by atoms with E-state index in [9.17, 15) is 9.90 Å². The fourth-order valence-electron chi connectivity index (χ4n) is 3.62. The molecule has 0 aliphatic rings. The first-order valence-electron chi connectivity index (χ1n) is 11.5. The van der Waals surface area contributed by atoms with Crippen LogP contribution in [0, 0.1) is 0 Å². The molecule has 0 bridgehead atoms. The molecule has 0 saturated heterocycles. The van der Waals surface area contributed by atoms with Crippen molar-refractivity contribution in [1.82, 2.24) is 5.32 Å². The van der Waals surface area contributed by atoms with E-state index in [2.05, 4.69) is 24.2 Å². The van der Waals surface area contributed by atoms with Gasteiger partial charge in [0.25, 0.3) is 0 Å². The summed E-state index contributed by atoms with van der Waals surface area (Å²) in [7, 11) is 0. The highest BCUT2D eigenvalue weighted by Crippen LogP contribution is 2.23. The normalized spacial score (nSPS) is 13.2. The Balaban J connectivity index is 4.51. The molecule has 0 aliphatic heterocycles. The van der Waals surface area contributed by atoms with E-state index in [0.29, 0.717) is 25.8 Å². The quantitative estimate of drug-likeness (QED) is 0.136. The number of hydrogen-bond acceptors (Lipinski definition) is 3. The fourth-order valence-corrected chi connectivity index (χ4v) is 3.62. The van der Waals surface area contributed by atoms with Crippen LogP contribution in [0.25, 0.3) is 0 Å². The number of carbonyl (C=O) groups is 1. The van der Waals surface area contributed by atoms with Crippen LogP contribution in [-0.4, -0.2) is 35.7 Å². The van der Waals surface area contributed by atoms with Crippen molar-refractivity contribution in [2.45, 2.75) is 116 Å². The molecule has 0 aromatic heterocycles. The van der Waals surface area contributed by atoms with E-state index < -0.39 is 11.5 Å². The molecule has 0 spiro atoms. The van der Waals surface area contributed by atoms with Gasteiger partial charge < -0.3 is 21.9 Å². The molecule has 1 atom stereocenters. The first-order valence-corrected chi connectivity index (χ1v) is 11.5. The number of carboxylic acids is 1. The van der Waals surface area contributed by atoms with Gasteiger partial charge >= 0.3 is 5.97 Å². The summed E-state index contributed by atoms with van der Waals surface area (Å²) in [5, 5.41) is 13.4. The van der Waals surface area contributed by atoms with Gasteiger partial charge in [0.1, 0.15) is 5.54 Å². The summed E-state index contributed by atoms with van der Waals surface area (Å²) in [5.74, 6) is -0.674. The van der Waals surface area contributed by atoms with Gasteiger partial charge in [0.2, 0.25) is 0 Å². The van der Waals surface area contributed by atoms with Crippen LogP contribution in [0.4, 0.5) is 0 Å². The number of aliphatic imine (C=N–C) groups is 1. The van der Waals surface area contributed by atoms with Crippen LogP contribution >= 0.6 is 0 Å². The number of aliphatic carboxylic acids is 1. The standard InChI is InChI=1S/C22H46N4O2/c1-3-5-7-9-10-11-12-13-16-22(20(27)28,17-15-18-25-21(23)24)26-19-14-8-6-4-2/h26H,3-19H2,1-2H3,(H,27,28)(H4,23,24,25)/t22-/m0/s1. The summed E-state index contributed by atoms with van der Waals surface area (Å²) in [4.78, 5) is 16.2. The van der Waals surface area contributed by atoms with Gasteiger partial charge in [-0.05, 0) is 32.2 Å². The SMILES string of the molecule is CCCCCCCCCC[C@@](CCCN=C(N)N)(NCCCCCC)C(=O)O. The number of guanidine groups is 1. The van der Waals surface area contributed by atoms with Crippen molar-refractivity contribution in [3.05, 3.63) is 0 Å². The summed E-state index contributed by atoms with van der Waals surface area (Å²) in [6, 6.07) is 0. The third kappa shape index (κ3) is 13.8. The minimum Gasteiger partial charge on any atom is -0.480 e. The number of nitrogens with two attached hydrogens (primary N) is 2. The zero-order chi connectivity index (χ0) is 21.1. The minimum atomic E-state index is -0.854. The molecule has 0 radical (unpaired) electrons. The maximum atomic E-state index is 12.2. The second-order valence-corrected chi connectivity index (χ2v) is 8.01. The van der Waals surface area contributed by atoms with E-state index in [1.807, 2.05) is 0 Å². The lowest BCUT2D eigenvalue weighted by Gasteiger charge is -2.31. The lowest BCUT2D eigenvalue weighted by Crippen LogP contribution is -2.52. The number of nitrogens with zero attached hydrogens (tertiary/aromatic N) is 1. The Labute approximate surface area is 172 Å². The van der Waals surface area contributed by atoms with Crippen molar-refractivity contribution >= 4 is 11.9 Å². The van der Waals surface area contributed by atoms with Gasteiger partial charge in [-0.3, -0.25) is 9.79 Å². The molecule has 28 heavy (non-hydrogen) atoms. The molecule has 166 valence electrons. The molecule has 6 N–H and O–H groups in total. The molecule has 0 amide bonds. The van der Waals surface area contributed by atoms with Gasteiger partial charge in [0, 0.05) is 6.54 Å². The minimum absolute atomic E-state index is 0.0662. The number of unbranched alkanes of at least 4 members (excludes halogenated alkanes) is 10. The van der Waals surface area contributed by atoms with Crippen molar-refractivity contribution in [3.8, 4) is 0 Å². The molecule has 0 fully saturated rings. The molecule has 0 aliphatic carbocycles. The predicted molar refractivity (Wildman–Crippen MR) is 120 cm³/mol. The molecular weight excluding hydrogens is 352 g/mol. The van der Waals surface area contributed by atoms with E-state index in [1.54, 1.807) is 0 Å². The van der Waals surface area contributed by atoms with Crippen LogP contribution in [-0.2, 0) is 4.79 Å². The van der Waals surface area contributed by atoms with Crippen LogP contribution in [0.5, 0.6) is 0 Å². The second kappa shape index (κ2) is 17.8. The average molecular weight is 399 g/mol. The Bertz CT molecular complexity index is 411. The largest absolute Gasteiger partial charge is 0.480 e. The van der Waals surface area contributed by atoms with E-state index in [1.165, 1.54) is 51.4 Å². The van der Waals surface area contributed by atoms with Gasteiger partial charge in [-0.2, -0.15) is 0 Å². The Morgan fingerprint density at radius 3 is 1.86 bits per heavy atom. The Hall–Kier alpha value is -1.30. The molecule has 0 saturated carbocycles. The van der Waals surface area contributed by atoms with Crippen LogP contribution in [0.2, 0.25) is 0 Å². The van der Waals surface area contributed by atoms with Gasteiger partial charge in [0.05, 0.1) is 0 Å². The third-order valence-corrected chi connectivity index (χ3v) is 5.42. The van der Waals surface area contributed by atoms with Gasteiger partial charge in [-0.25, -0.2) is 0 Å². The van der Waals surface area contributed by atoms with Gasteiger partial charge in [0.15, 0.2) is 5.96 Å². The maximum Gasteiger partial charge on any atom is 0.323 e. The highest BCUT2D eigenvalue weighted by Gasteiger charge is 2.36. The molecule has 0 rings (SSSR count). The molecule has 6 heteroatoms. The molecule has 6 nitrogen and oxygen atoms in total. The van der Waals surface area contributed by atoms with Crippen LogP contribution in [0.1, 0.15) is 110 Å². The molecular formula is C22H46N4O2. The third-order valence-electron chi connectivity index (χ3n) is 5.42. The number of hydrogen-bond donors (Lipinski definition) is 4. The zero-order valence-corrected chi connectivity index (χ0v) is 18.5. The summed E-state index contributed by atoms with van der Waals surface area (Å²) < 4.78 is 0. The molecule has 0 heterocycles. The predicted octanol–water partition coefficient (Wildman–Crippen LogP) is 4.56.